The molecule has 0 aliphatic heterocycles. The molecule has 1 rings (SSSR count). The molecule has 0 saturated heterocycles. The van der Waals surface area contributed by atoms with Gasteiger partial charge in [0.25, 0.3) is 11.6 Å². The van der Waals surface area contributed by atoms with Gasteiger partial charge in [-0.05, 0) is 18.6 Å². The van der Waals surface area contributed by atoms with Crippen LogP contribution >= 0.6 is 0 Å². The highest BCUT2D eigenvalue weighted by molar-refractivity contribution is 5.99. The fourth-order valence-corrected chi connectivity index (χ4v) is 1.71. The predicted octanol–water partition coefficient (Wildman–Crippen LogP) is 0.989. The lowest BCUT2D eigenvalue weighted by atomic mass is 10.1. The van der Waals surface area contributed by atoms with Crippen molar-refractivity contribution in [1.82, 2.24) is 4.90 Å². The van der Waals surface area contributed by atoms with Gasteiger partial charge in [-0.1, -0.05) is 0 Å². The summed E-state index contributed by atoms with van der Waals surface area (Å²) in [6.45, 7) is 0.966. The molecule has 0 heterocycles. The largest absolute Gasteiger partial charge is 0.385 e. The van der Waals surface area contributed by atoms with Crippen LogP contribution in [0.5, 0.6) is 0 Å². The van der Waals surface area contributed by atoms with E-state index in [0.29, 0.717) is 25.3 Å². The lowest BCUT2D eigenvalue weighted by molar-refractivity contribution is -0.385. The van der Waals surface area contributed by atoms with Gasteiger partial charge in [0.05, 0.1) is 4.92 Å². The number of nitrogens with two attached hydrogens (primary N) is 1. The van der Waals surface area contributed by atoms with E-state index in [0.717, 1.165) is 0 Å². The van der Waals surface area contributed by atoms with Gasteiger partial charge in [-0.15, -0.1) is 0 Å². The standard InChI is InChI=1S/C12H18N4O4/c1-15(6-3-7-20-2)12(17)10-8-9(14-13)4-5-11(10)16(18)19/h4-5,8,14H,3,6-7,13H2,1-2H3. The molecule has 8 nitrogen and oxygen atoms in total. The minimum Gasteiger partial charge on any atom is -0.385 e. The Bertz CT molecular complexity index is 492. The number of benzene rings is 1. The first-order valence-corrected chi connectivity index (χ1v) is 6.00. The number of carbonyl (C=O) groups is 1. The van der Waals surface area contributed by atoms with Crippen LogP contribution in [-0.2, 0) is 4.74 Å². The lowest BCUT2D eigenvalue weighted by Crippen LogP contribution is -2.29. The summed E-state index contributed by atoms with van der Waals surface area (Å²) in [7, 11) is 3.16. The number of hydrogen-bond acceptors (Lipinski definition) is 6. The van der Waals surface area contributed by atoms with Crippen LogP contribution < -0.4 is 11.3 Å². The Balaban J connectivity index is 2.97. The molecule has 1 aromatic carbocycles. The number of carbonyl (C=O) groups excluding carboxylic acids is 1. The van der Waals surface area contributed by atoms with E-state index in [1.165, 1.54) is 23.1 Å². The molecular formula is C12H18N4O4. The summed E-state index contributed by atoms with van der Waals surface area (Å²) in [6, 6.07) is 4.07. The van der Waals surface area contributed by atoms with Crippen molar-refractivity contribution < 1.29 is 14.5 Å². The number of hydrogen-bond donors (Lipinski definition) is 2. The van der Waals surface area contributed by atoms with Gasteiger partial charge in [0.15, 0.2) is 0 Å². The second kappa shape index (κ2) is 7.41. The number of nitrogens with one attached hydrogen (secondary N) is 1. The average molecular weight is 282 g/mol. The van der Waals surface area contributed by atoms with Crippen LogP contribution in [0.2, 0.25) is 0 Å². The quantitative estimate of drug-likeness (QED) is 0.334. The van der Waals surface area contributed by atoms with E-state index in [-0.39, 0.29) is 11.3 Å². The zero-order valence-electron chi connectivity index (χ0n) is 11.5. The summed E-state index contributed by atoms with van der Waals surface area (Å²) in [6.07, 6.45) is 0.654. The number of nitro benzene ring substituents is 1. The highest BCUT2D eigenvalue weighted by Crippen LogP contribution is 2.23. The zero-order valence-corrected chi connectivity index (χ0v) is 11.5. The molecule has 1 amide bonds. The third-order valence-corrected chi connectivity index (χ3v) is 2.78. The van der Waals surface area contributed by atoms with Crippen molar-refractivity contribution in [3.8, 4) is 0 Å². The van der Waals surface area contributed by atoms with Crippen molar-refractivity contribution in [3.63, 3.8) is 0 Å². The van der Waals surface area contributed by atoms with E-state index in [1.54, 1.807) is 14.2 Å². The second-order valence-electron chi connectivity index (χ2n) is 4.21. The summed E-state index contributed by atoms with van der Waals surface area (Å²) in [5.41, 5.74) is 2.56. The van der Waals surface area contributed by atoms with Crippen molar-refractivity contribution in [2.24, 2.45) is 5.84 Å². The van der Waals surface area contributed by atoms with Gasteiger partial charge in [0, 0.05) is 39.1 Å². The minimum absolute atomic E-state index is 0.00497. The molecule has 3 N–H and O–H groups in total. The number of anilines is 1. The number of ether oxygens (including phenoxy) is 1. The number of methoxy groups -OCH3 is 1. The van der Waals surface area contributed by atoms with Gasteiger partial charge in [0.2, 0.25) is 0 Å². The van der Waals surface area contributed by atoms with Crippen molar-refractivity contribution in [3.05, 3.63) is 33.9 Å². The molecule has 110 valence electrons. The van der Waals surface area contributed by atoms with Gasteiger partial charge >= 0.3 is 0 Å². The molecule has 0 saturated carbocycles. The normalized spacial score (nSPS) is 10.2. The van der Waals surface area contributed by atoms with Gasteiger partial charge in [0.1, 0.15) is 5.56 Å². The minimum atomic E-state index is -0.587. The van der Waals surface area contributed by atoms with Crippen LogP contribution in [0, 0.1) is 10.1 Å². The molecule has 0 aliphatic carbocycles. The zero-order chi connectivity index (χ0) is 15.1. The van der Waals surface area contributed by atoms with Gasteiger partial charge < -0.3 is 15.1 Å². The molecule has 0 unspecified atom stereocenters. The van der Waals surface area contributed by atoms with E-state index in [9.17, 15) is 14.9 Å². The average Bonchev–Trinajstić information content (AvgIpc) is 2.45. The van der Waals surface area contributed by atoms with Crippen LogP contribution in [0.3, 0.4) is 0 Å². The summed E-state index contributed by atoms with van der Waals surface area (Å²) < 4.78 is 4.90. The van der Waals surface area contributed by atoms with E-state index >= 15 is 0 Å². The Morgan fingerprint density at radius 1 is 1.55 bits per heavy atom. The number of nitrogen functional groups attached to an aromatic ring is 1. The first kappa shape index (κ1) is 15.9. The van der Waals surface area contributed by atoms with Crippen LogP contribution in [0.15, 0.2) is 18.2 Å². The van der Waals surface area contributed by atoms with E-state index < -0.39 is 10.8 Å². The smallest absolute Gasteiger partial charge is 0.282 e. The van der Waals surface area contributed by atoms with Crippen molar-refractivity contribution >= 4 is 17.3 Å². The predicted molar refractivity (Wildman–Crippen MR) is 74.4 cm³/mol. The maximum Gasteiger partial charge on any atom is 0.282 e. The van der Waals surface area contributed by atoms with Crippen LogP contribution in [0.25, 0.3) is 0 Å². The number of nitrogens with zero attached hydrogens (tertiary/aromatic N) is 2. The first-order valence-electron chi connectivity index (χ1n) is 6.00. The van der Waals surface area contributed by atoms with Crippen molar-refractivity contribution in [2.75, 3.05) is 32.7 Å². The number of nitro groups is 1. The summed E-state index contributed by atoms with van der Waals surface area (Å²) >= 11 is 0. The molecule has 0 aromatic heterocycles. The van der Waals surface area contributed by atoms with Gasteiger partial charge in [-0.25, -0.2) is 0 Å². The number of hydrazine groups is 1. The highest BCUT2D eigenvalue weighted by Gasteiger charge is 2.23. The lowest BCUT2D eigenvalue weighted by Gasteiger charge is -2.17. The highest BCUT2D eigenvalue weighted by atomic mass is 16.6. The fraction of sp³-hybridized carbons (Fsp3) is 0.417. The van der Waals surface area contributed by atoms with Crippen LogP contribution in [0.1, 0.15) is 16.8 Å². The summed E-state index contributed by atoms with van der Waals surface area (Å²) in [4.78, 5) is 24.0. The Hall–Kier alpha value is -2.19. The Labute approximate surface area is 116 Å². The van der Waals surface area contributed by atoms with E-state index in [1.807, 2.05) is 0 Å². The molecule has 0 atom stereocenters. The third kappa shape index (κ3) is 3.90. The van der Waals surface area contributed by atoms with Crippen molar-refractivity contribution in [2.45, 2.75) is 6.42 Å². The van der Waals surface area contributed by atoms with Gasteiger partial charge in [-0.3, -0.25) is 20.8 Å². The molecule has 20 heavy (non-hydrogen) atoms. The fourth-order valence-electron chi connectivity index (χ4n) is 1.71. The van der Waals surface area contributed by atoms with Crippen LogP contribution in [0.4, 0.5) is 11.4 Å². The topological polar surface area (TPSA) is 111 Å². The molecule has 0 spiro atoms. The van der Waals surface area contributed by atoms with E-state index in [4.69, 9.17) is 10.6 Å². The van der Waals surface area contributed by atoms with Crippen LogP contribution in [-0.4, -0.2) is 43.0 Å². The number of rotatable bonds is 7. The molecule has 0 fully saturated rings. The maximum atomic E-state index is 12.2. The summed E-state index contributed by atoms with van der Waals surface area (Å²) in [5, 5.41) is 11.0. The Morgan fingerprint density at radius 3 is 2.80 bits per heavy atom. The molecule has 0 radical (unpaired) electrons. The molecule has 0 aliphatic rings. The van der Waals surface area contributed by atoms with Crippen molar-refractivity contribution in [1.29, 1.82) is 0 Å². The molecule has 8 heteroatoms. The first-order chi connectivity index (χ1) is 9.51. The number of amides is 1. The molecule has 0 bridgehead atoms. The maximum absolute atomic E-state index is 12.2. The monoisotopic (exact) mass is 282 g/mol. The second-order valence-corrected chi connectivity index (χ2v) is 4.21. The Kier molecular flexibility index (Phi) is 5.88. The SMILES string of the molecule is COCCCN(C)C(=O)c1cc(NN)ccc1[N+](=O)[O-]. The van der Waals surface area contributed by atoms with Gasteiger partial charge in [-0.2, -0.15) is 0 Å². The molecular weight excluding hydrogens is 264 g/mol. The molecule has 1 aromatic rings. The summed E-state index contributed by atoms with van der Waals surface area (Å²) in [5.74, 6) is 4.83. The van der Waals surface area contributed by atoms with E-state index in [2.05, 4.69) is 5.43 Å². The third-order valence-electron chi connectivity index (χ3n) is 2.78. The Morgan fingerprint density at radius 2 is 2.25 bits per heavy atom.